The van der Waals surface area contributed by atoms with Gasteiger partial charge in [0.15, 0.2) is 0 Å². The van der Waals surface area contributed by atoms with Crippen LogP contribution in [0, 0.1) is 11.8 Å². The minimum Gasteiger partial charge on any atom is -0.383 e. The Bertz CT molecular complexity index is 574. The van der Waals surface area contributed by atoms with E-state index in [-0.39, 0.29) is 0 Å². The largest absolute Gasteiger partial charge is 0.383 e. The Balaban J connectivity index is 1.82. The van der Waals surface area contributed by atoms with Gasteiger partial charge in [0.2, 0.25) is 0 Å². The molecule has 2 aliphatic rings. The van der Waals surface area contributed by atoms with Gasteiger partial charge in [0.25, 0.3) is 0 Å². The molecule has 0 bridgehead atoms. The Hall–Kier alpha value is -1.29. The molecule has 2 heterocycles. The summed E-state index contributed by atoms with van der Waals surface area (Å²) < 4.78 is 1.85. The fourth-order valence-corrected chi connectivity index (χ4v) is 4.48. The van der Waals surface area contributed by atoms with Crippen LogP contribution in [0.3, 0.4) is 0 Å². The van der Waals surface area contributed by atoms with E-state index in [1.54, 1.807) is 11.3 Å². The molecule has 2 atom stereocenters. The lowest BCUT2D eigenvalue weighted by Gasteiger charge is -2.03. The van der Waals surface area contributed by atoms with Crippen molar-refractivity contribution in [1.29, 1.82) is 0 Å². The molecule has 2 unspecified atom stereocenters. The molecule has 2 aromatic rings. The van der Waals surface area contributed by atoms with E-state index in [0.29, 0.717) is 5.92 Å². The van der Waals surface area contributed by atoms with Crippen molar-refractivity contribution in [3.05, 3.63) is 23.2 Å². The normalized spacial score (nSPS) is 29.5. The summed E-state index contributed by atoms with van der Waals surface area (Å²) in [5.74, 6) is 3.27. The lowest BCUT2D eigenvalue weighted by Crippen LogP contribution is -1.97. The second-order valence-corrected chi connectivity index (χ2v) is 6.48. The van der Waals surface area contributed by atoms with Crippen LogP contribution in [0.4, 0.5) is 5.82 Å². The molecule has 0 spiro atoms. The van der Waals surface area contributed by atoms with E-state index in [4.69, 9.17) is 10.8 Å². The Kier molecular flexibility index (Phi) is 2.13. The molecule has 18 heavy (non-hydrogen) atoms. The summed E-state index contributed by atoms with van der Waals surface area (Å²) >= 11 is 1.76. The van der Waals surface area contributed by atoms with Crippen LogP contribution >= 0.6 is 11.3 Å². The highest BCUT2D eigenvalue weighted by atomic mass is 32.1. The molecule has 2 saturated carbocycles. The summed E-state index contributed by atoms with van der Waals surface area (Å²) in [7, 11) is 1.95. The van der Waals surface area contributed by atoms with Crippen molar-refractivity contribution >= 4 is 17.2 Å². The number of rotatable bonds is 2. The van der Waals surface area contributed by atoms with Crippen LogP contribution in [0.5, 0.6) is 0 Å². The van der Waals surface area contributed by atoms with Gasteiger partial charge in [-0.1, -0.05) is 12.5 Å². The maximum Gasteiger partial charge on any atom is 0.130 e. The first-order valence-corrected chi connectivity index (χ1v) is 7.51. The highest BCUT2D eigenvalue weighted by molar-refractivity contribution is 7.13. The first-order valence-electron chi connectivity index (χ1n) is 6.63. The highest BCUT2D eigenvalue weighted by Gasteiger charge is 2.55. The maximum absolute atomic E-state index is 6.22. The van der Waals surface area contributed by atoms with Crippen molar-refractivity contribution in [1.82, 2.24) is 9.78 Å². The molecule has 0 amide bonds. The van der Waals surface area contributed by atoms with Crippen molar-refractivity contribution in [3.63, 3.8) is 0 Å². The van der Waals surface area contributed by atoms with E-state index in [1.165, 1.54) is 35.4 Å². The zero-order valence-electron chi connectivity index (χ0n) is 10.5. The quantitative estimate of drug-likeness (QED) is 0.899. The number of fused-ring (bicyclic) bond motifs is 1. The molecule has 2 N–H and O–H groups in total. The van der Waals surface area contributed by atoms with Gasteiger partial charge >= 0.3 is 0 Å². The molecule has 0 saturated heterocycles. The van der Waals surface area contributed by atoms with Crippen LogP contribution in [0.15, 0.2) is 17.5 Å². The fourth-order valence-electron chi connectivity index (χ4n) is 3.69. The van der Waals surface area contributed by atoms with Gasteiger partial charge in [-0.3, -0.25) is 4.68 Å². The number of aryl methyl sites for hydroxylation is 1. The van der Waals surface area contributed by atoms with Crippen LogP contribution in [-0.2, 0) is 7.05 Å². The van der Waals surface area contributed by atoms with Gasteiger partial charge in [-0.25, -0.2) is 0 Å². The summed E-state index contributed by atoms with van der Waals surface area (Å²) in [5, 5.41) is 6.82. The molecule has 94 valence electrons. The number of nitrogen functional groups attached to an aromatic ring is 1. The van der Waals surface area contributed by atoms with Crippen molar-refractivity contribution < 1.29 is 0 Å². The zero-order chi connectivity index (χ0) is 12.3. The lowest BCUT2D eigenvalue weighted by atomic mass is 10.0. The fraction of sp³-hybridized carbons (Fsp3) is 0.500. The number of thiophene rings is 1. The number of hydrogen-bond donors (Lipinski definition) is 1. The summed E-state index contributed by atoms with van der Waals surface area (Å²) in [5.41, 5.74) is 8.68. The van der Waals surface area contributed by atoms with Crippen LogP contribution in [0.2, 0.25) is 0 Å². The van der Waals surface area contributed by atoms with Crippen LogP contribution < -0.4 is 5.73 Å². The van der Waals surface area contributed by atoms with Crippen LogP contribution in [0.25, 0.3) is 10.4 Å². The Morgan fingerprint density at radius 2 is 2.17 bits per heavy atom. The monoisotopic (exact) mass is 259 g/mol. The zero-order valence-corrected chi connectivity index (χ0v) is 11.3. The summed E-state index contributed by atoms with van der Waals surface area (Å²) in [6, 6.07) is 4.24. The molecule has 4 heteroatoms. The minimum absolute atomic E-state index is 0.680. The smallest absolute Gasteiger partial charge is 0.130 e. The van der Waals surface area contributed by atoms with Crippen molar-refractivity contribution in [2.24, 2.45) is 18.9 Å². The van der Waals surface area contributed by atoms with Gasteiger partial charge in [-0.15, -0.1) is 11.3 Å². The Morgan fingerprint density at radius 1 is 1.39 bits per heavy atom. The number of hydrogen-bond acceptors (Lipinski definition) is 3. The van der Waals surface area contributed by atoms with Gasteiger partial charge < -0.3 is 5.73 Å². The molecule has 4 rings (SSSR count). The van der Waals surface area contributed by atoms with Gasteiger partial charge in [-0.2, -0.15) is 5.10 Å². The number of aromatic nitrogens is 2. The van der Waals surface area contributed by atoms with Crippen molar-refractivity contribution in [3.8, 4) is 10.4 Å². The van der Waals surface area contributed by atoms with Crippen LogP contribution in [-0.4, -0.2) is 9.78 Å². The Morgan fingerprint density at radius 3 is 2.83 bits per heavy atom. The van der Waals surface area contributed by atoms with E-state index < -0.39 is 0 Å². The SMILES string of the molecule is Cn1nc(C2C3CCCC32)c(-c2cccs2)c1N. The Labute approximate surface area is 111 Å². The molecule has 0 aliphatic heterocycles. The standard InChI is InChI=1S/C14H17N3S/c1-17-14(15)12(10-6-3-7-18-10)13(16-17)11-8-4-2-5-9(8)11/h3,6-9,11H,2,4-5,15H2,1H3. The first kappa shape index (κ1) is 10.6. The number of anilines is 1. The molecular formula is C14H17N3S. The second kappa shape index (κ2) is 3.60. The molecule has 0 aromatic carbocycles. The highest BCUT2D eigenvalue weighted by Crippen LogP contribution is 2.64. The van der Waals surface area contributed by atoms with Gasteiger partial charge in [-0.05, 0) is 36.1 Å². The summed E-state index contributed by atoms with van der Waals surface area (Å²) in [6.07, 6.45) is 4.17. The first-order chi connectivity index (χ1) is 8.77. The molecule has 2 aliphatic carbocycles. The van der Waals surface area contributed by atoms with E-state index in [0.717, 1.165) is 17.7 Å². The molecule has 2 fully saturated rings. The summed E-state index contributed by atoms with van der Waals surface area (Å²) in [6.45, 7) is 0. The predicted molar refractivity (Wildman–Crippen MR) is 74.5 cm³/mol. The summed E-state index contributed by atoms with van der Waals surface area (Å²) in [4.78, 5) is 1.26. The van der Waals surface area contributed by atoms with E-state index >= 15 is 0 Å². The van der Waals surface area contributed by atoms with E-state index in [1.807, 2.05) is 11.7 Å². The van der Waals surface area contributed by atoms with Gasteiger partial charge in [0.05, 0.1) is 11.3 Å². The second-order valence-electron chi connectivity index (χ2n) is 5.53. The molecular weight excluding hydrogens is 242 g/mol. The van der Waals surface area contributed by atoms with Crippen LogP contribution in [0.1, 0.15) is 30.9 Å². The van der Waals surface area contributed by atoms with Crippen molar-refractivity contribution in [2.45, 2.75) is 25.2 Å². The number of nitrogens with two attached hydrogens (primary N) is 1. The third kappa shape index (κ3) is 1.32. The molecule has 3 nitrogen and oxygen atoms in total. The third-order valence-corrected chi connectivity index (χ3v) is 5.50. The predicted octanol–water partition coefficient (Wildman–Crippen LogP) is 3.24. The average molecular weight is 259 g/mol. The van der Waals surface area contributed by atoms with Gasteiger partial charge in [0.1, 0.15) is 5.82 Å². The molecule has 0 radical (unpaired) electrons. The lowest BCUT2D eigenvalue weighted by molar-refractivity contribution is 0.655. The van der Waals surface area contributed by atoms with Gasteiger partial charge in [0, 0.05) is 17.8 Å². The van der Waals surface area contributed by atoms with E-state index in [2.05, 4.69) is 17.5 Å². The maximum atomic E-state index is 6.22. The van der Waals surface area contributed by atoms with E-state index in [9.17, 15) is 0 Å². The number of nitrogens with zero attached hydrogens (tertiary/aromatic N) is 2. The average Bonchev–Trinajstić information content (AvgIpc) is 2.86. The molecule has 2 aromatic heterocycles. The minimum atomic E-state index is 0.680. The van der Waals surface area contributed by atoms with Crippen molar-refractivity contribution in [2.75, 3.05) is 5.73 Å². The topological polar surface area (TPSA) is 43.8 Å². The third-order valence-electron chi connectivity index (χ3n) is 4.61.